The summed E-state index contributed by atoms with van der Waals surface area (Å²) in [5, 5.41) is 8.74. The van der Waals surface area contributed by atoms with E-state index >= 15 is 0 Å². The Morgan fingerprint density at radius 1 is 1.73 bits per heavy atom. The smallest absolute Gasteiger partial charge is 0.168 e. The molecule has 0 aliphatic carbocycles. The molecule has 0 fully saturated rings. The number of carbonyl (C=O) groups excluding carboxylic acids is 1. The Bertz CT molecular complexity index is 240. The molecule has 0 aromatic carbocycles. The van der Waals surface area contributed by atoms with Gasteiger partial charge in [-0.25, -0.2) is 0 Å². The third kappa shape index (κ3) is 1.38. The summed E-state index contributed by atoms with van der Waals surface area (Å²) in [6, 6.07) is 0. The lowest BCUT2D eigenvalue weighted by atomic mass is 9.98. The van der Waals surface area contributed by atoms with Crippen LogP contribution in [0.25, 0.3) is 0 Å². The summed E-state index contributed by atoms with van der Waals surface area (Å²) in [7, 11) is 0. The van der Waals surface area contributed by atoms with Crippen LogP contribution in [0.4, 0.5) is 0 Å². The van der Waals surface area contributed by atoms with Crippen molar-refractivity contribution in [1.29, 1.82) is 0 Å². The Morgan fingerprint density at radius 2 is 2.36 bits per heavy atom. The van der Waals surface area contributed by atoms with Gasteiger partial charge in [-0.15, -0.1) is 0 Å². The molecule has 1 aliphatic heterocycles. The minimum absolute atomic E-state index is 0.0593. The zero-order valence-corrected chi connectivity index (χ0v) is 6.66. The van der Waals surface area contributed by atoms with Crippen LogP contribution in [0, 0.1) is 5.92 Å². The van der Waals surface area contributed by atoms with Gasteiger partial charge in [-0.05, 0) is 6.92 Å². The Balaban J connectivity index is 2.97. The minimum Gasteiger partial charge on any atom is -0.390 e. The Morgan fingerprint density at radius 3 is 2.91 bits per heavy atom. The highest BCUT2D eigenvalue weighted by Gasteiger charge is 2.19. The SMILES string of the molecule is CC1=C(CO)N=CC(C)C1=O. The molecular weight excluding hydrogens is 142 g/mol. The summed E-state index contributed by atoms with van der Waals surface area (Å²) in [5.74, 6) is -0.0747. The van der Waals surface area contributed by atoms with Gasteiger partial charge in [-0.2, -0.15) is 0 Å². The first-order valence-corrected chi connectivity index (χ1v) is 3.56. The van der Waals surface area contributed by atoms with E-state index in [1.807, 2.05) is 0 Å². The van der Waals surface area contributed by atoms with Gasteiger partial charge in [-0.1, -0.05) is 6.92 Å². The van der Waals surface area contributed by atoms with Gasteiger partial charge in [0.05, 0.1) is 18.2 Å². The summed E-state index contributed by atoms with van der Waals surface area (Å²) < 4.78 is 0. The van der Waals surface area contributed by atoms with Crippen LogP contribution in [0.15, 0.2) is 16.3 Å². The average molecular weight is 153 g/mol. The van der Waals surface area contributed by atoms with Crippen molar-refractivity contribution < 1.29 is 9.90 Å². The van der Waals surface area contributed by atoms with Crippen molar-refractivity contribution in [3.05, 3.63) is 11.3 Å². The summed E-state index contributed by atoms with van der Waals surface area (Å²) in [5.41, 5.74) is 1.08. The van der Waals surface area contributed by atoms with Crippen LogP contribution < -0.4 is 0 Å². The van der Waals surface area contributed by atoms with Crippen molar-refractivity contribution in [2.75, 3.05) is 6.61 Å². The molecule has 1 aliphatic rings. The first kappa shape index (κ1) is 8.14. The van der Waals surface area contributed by atoms with Gasteiger partial charge in [0, 0.05) is 11.8 Å². The van der Waals surface area contributed by atoms with Gasteiger partial charge in [-0.3, -0.25) is 9.79 Å². The van der Waals surface area contributed by atoms with E-state index in [1.165, 1.54) is 0 Å². The molecule has 1 heterocycles. The molecule has 3 nitrogen and oxygen atoms in total. The second-order valence-corrected chi connectivity index (χ2v) is 2.66. The number of ketones is 1. The maximum Gasteiger partial charge on any atom is 0.168 e. The topological polar surface area (TPSA) is 49.7 Å². The normalized spacial score (nSPS) is 24.6. The van der Waals surface area contributed by atoms with Crippen molar-refractivity contribution in [2.45, 2.75) is 13.8 Å². The number of aliphatic hydroxyl groups is 1. The van der Waals surface area contributed by atoms with E-state index < -0.39 is 0 Å². The number of aliphatic hydroxyl groups excluding tert-OH is 1. The molecular formula is C8H11NO2. The number of aliphatic imine (C=N–C) groups is 1. The second-order valence-electron chi connectivity index (χ2n) is 2.66. The van der Waals surface area contributed by atoms with E-state index in [0.717, 1.165) is 0 Å². The highest BCUT2D eigenvalue weighted by atomic mass is 16.3. The molecule has 0 bridgehead atoms. The van der Waals surface area contributed by atoms with E-state index in [0.29, 0.717) is 11.3 Å². The molecule has 0 aromatic heterocycles. The first-order valence-electron chi connectivity index (χ1n) is 3.56. The number of Topliss-reactive ketones (excluding diaryl/α,β-unsaturated/α-hetero) is 1. The fraction of sp³-hybridized carbons (Fsp3) is 0.500. The van der Waals surface area contributed by atoms with Crippen LogP contribution in [-0.2, 0) is 4.79 Å². The minimum atomic E-state index is -0.152. The van der Waals surface area contributed by atoms with Crippen molar-refractivity contribution in [3.63, 3.8) is 0 Å². The molecule has 1 atom stereocenters. The average Bonchev–Trinajstić information content (AvgIpc) is 2.01. The van der Waals surface area contributed by atoms with Gasteiger partial charge >= 0.3 is 0 Å². The molecule has 1 unspecified atom stereocenters. The van der Waals surface area contributed by atoms with Gasteiger partial charge in [0.25, 0.3) is 0 Å². The molecule has 0 saturated heterocycles. The molecule has 0 radical (unpaired) electrons. The Kier molecular flexibility index (Phi) is 2.19. The maximum absolute atomic E-state index is 11.2. The number of rotatable bonds is 1. The molecule has 0 saturated carbocycles. The summed E-state index contributed by atoms with van der Waals surface area (Å²) >= 11 is 0. The van der Waals surface area contributed by atoms with E-state index in [2.05, 4.69) is 4.99 Å². The lowest BCUT2D eigenvalue weighted by Crippen LogP contribution is -2.19. The predicted octanol–water partition coefficient (Wildman–Crippen LogP) is 0.542. The third-order valence-corrected chi connectivity index (χ3v) is 1.82. The van der Waals surface area contributed by atoms with Gasteiger partial charge in [0.15, 0.2) is 5.78 Å². The summed E-state index contributed by atoms with van der Waals surface area (Å²) in [6.45, 7) is 3.34. The van der Waals surface area contributed by atoms with Crippen LogP contribution in [-0.4, -0.2) is 23.7 Å². The largest absolute Gasteiger partial charge is 0.390 e. The molecule has 1 rings (SSSR count). The van der Waals surface area contributed by atoms with E-state index in [4.69, 9.17) is 5.11 Å². The number of nitrogens with zero attached hydrogens (tertiary/aromatic N) is 1. The van der Waals surface area contributed by atoms with Gasteiger partial charge < -0.3 is 5.11 Å². The number of carbonyl (C=O) groups is 1. The molecule has 0 amide bonds. The van der Waals surface area contributed by atoms with E-state index in [-0.39, 0.29) is 18.3 Å². The van der Waals surface area contributed by atoms with Crippen molar-refractivity contribution in [3.8, 4) is 0 Å². The van der Waals surface area contributed by atoms with Crippen molar-refractivity contribution in [2.24, 2.45) is 10.9 Å². The molecule has 1 N–H and O–H groups in total. The predicted molar refractivity (Wildman–Crippen MR) is 42.4 cm³/mol. The van der Waals surface area contributed by atoms with Crippen LogP contribution in [0.1, 0.15) is 13.8 Å². The molecule has 0 spiro atoms. The van der Waals surface area contributed by atoms with E-state index in [9.17, 15) is 4.79 Å². The fourth-order valence-electron chi connectivity index (χ4n) is 1.01. The number of allylic oxidation sites excluding steroid dienone is 1. The molecule has 3 heteroatoms. The van der Waals surface area contributed by atoms with Crippen LogP contribution in [0.2, 0.25) is 0 Å². The zero-order chi connectivity index (χ0) is 8.43. The Labute approximate surface area is 65.4 Å². The quantitative estimate of drug-likeness (QED) is 0.597. The lowest BCUT2D eigenvalue weighted by molar-refractivity contribution is -0.117. The van der Waals surface area contributed by atoms with Crippen LogP contribution in [0.3, 0.4) is 0 Å². The van der Waals surface area contributed by atoms with E-state index in [1.54, 1.807) is 20.1 Å². The molecule has 0 aromatic rings. The number of hydrogen-bond acceptors (Lipinski definition) is 3. The van der Waals surface area contributed by atoms with Gasteiger partial charge in [0.1, 0.15) is 0 Å². The first-order chi connectivity index (χ1) is 5.16. The standard InChI is InChI=1S/C8H11NO2/c1-5-3-9-7(4-10)6(2)8(5)11/h3,5,10H,4H2,1-2H3. The lowest BCUT2D eigenvalue weighted by Gasteiger charge is -2.12. The monoisotopic (exact) mass is 153 g/mol. The summed E-state index contributed by atoms with van der Waals surface area (Å²) in [4.78, 5) is 15.2. The van der Waals surface area contributed by atoms with Gasteiger partial charge in [0.2, 0.25) is 0 Å². The zero-order valence-electron chi connectivity index (χ0n) is 6.66. The van der Waals surface area contributed by atoms with Crippen LogP contribution in [0.5, 0.6) is 0 Å². The fourth-order valence-corrected chi connectivity index (χ4v) is 1.01. The maximum atomic E-state index is 11.2. The molecule has 60 valence electrons. The Hall–Kier alpha value is -0.960. The third-order valence-electron chi connectivity index (χ3n) is 1.82. The highest BCUT2D eigenvalue weighted by molar-refractivity contribution is 6.07. The highest BCUT2D eigenvalue weighted by Crippen LogP contribution is 2.15. The number of hydrogen-bond donors (Lipinski definition) is 1. The second kappa shape index (κ2) is 2.96. The van der Waals surface area contributed by atoms with Crippen molar-refractivity contribution in [1.82, 2.24) is 0 Å². The van der Waals surface area contributed by atoms with Crippen molar-refractivity contribution >= 4 is 12.0 Å². The van der Waals surface area contributed by atoms with Crippen LogP contribution >= 0.6 is 0 Å². The summed E-state index contributed by atoms with van der Waals surface area (Å²) in [6.07, 6.45) is 1.57. The molecule has 11 heavy (non-hydrogen) atoms.